The summed E-state index contributed by atoms with van der Waals surface area (Å²) in [5.41, 5.74) is 7.54. The standard InChI is InChI=1S/C38H28N6O2/c1-41-25-43(35-19-5-3-17-33(35)41)27-11-7-13-29(23-27)45-37-21-9-15-31(39-37)32-16-10-22-38(40-32)46-30-14-8-12-28(24-30)44-26-42(2)34-18-4-6-20-36(34)44/h3-24H,1-2H3. The summed E-state index contributed by atoms with van der Waals surface area (Å²) < 4.78 is 20.5. The van der Waals surface area contributed by atoms with Gasteiger partial charge in [0.2, 0.25) is 24.4 Å². The molecule has 0 bridgehead atoms. The van der Waals surface area contributed by atoms with Crippen molar-refractivity contribution in [2.75, 3.05) is 0 Å². The van der Waals surface area contributed by atoms with Crippen molar-refractivity contribution in [2.45, 2.75) is 0 Å². The topological polar surface area (TPSA) is 61.9 Å². The minimum Gasteiger partial charge on any atom is -0.440 e. The molecule has 0 N–H and O–H groups in total. The molecule has 4 aromatic heterocycles. The highest BCUT2D eigenvalue weighted by Crippen LogP contribution is 2.27. The smallest absolute Gasteiger partial charge is 0.244 e. The molecule has 0 saturated heterocycles. The van der Waals surface area contributed by atoms with Crippen LogP contribution >= 0.6 is 0 Å². The number of benzene rings is 4. The van der Waals surface area contributed by atoms with Crippen LogP contribution < -0.4 is 18.6 Å². The Morgan fingerprint density at radius 2 is 0.935 bits per heavy atom. The van der Waals surface area contributed by atoms with Gasteiger partial charge in [0.1, 0.15) is 11.5 Å². The molecule has 4 aromatic carbocycles. The van der Waals surface area contributed by atoms with E-state index in [2.05, 4.69) is 36.9 Å². The molecule has 4 heterocycles. The molecule has 0 unspecified atom stereocenters. The van der Waals surface area contributed by atoms with Gasteiger partial charge in [-0.15, -0.1) is 0 Å². The molecule has 8 heteroatoms. The highest BCUT2D eigenvalue weighted by molar-refractivity contribution is 5.73. The van der Waals surface area contributed by atoms with Crippen LogP contribution in [0.3, 0.4) is 0 Å². The van der Waals surface area contributed by atoms with E-state index in [1.807, 2.05) is 142 Å². The predicted molar refractivity (Wildman–Crippen MR) is 174 cm³/mol. The van der Waals surface area contributed by atoms with Crippen LogP contribution in [0.15, 0.2) is 133 Å². The first-order valence-electron chi connectivity index (χ1n) is 14.9. The van der Waals surface area contributed by atoms with Crippen LogP contribution in [0.2, 0.25) is 0 Å². The maximum absolute atomic E-state index is 6.22. The second kappa shape index (κ2) is 11.3. The summed E-state index contributed by atoms with van der Waals surface area (Å²) in [5.74, 6) is 2.26. The lowest BCUT2D eigenvalue weighted by Gasteiger charge is -2.11. The number of para-hydroxylation sites is 4. The maximum Gasteiger partial charge on any atom is 0.244 e. The molecule has 0 atom stereocenters. The van der Waals surface area contributed by atoms with Crippen LogP contribution in [0.4, 0.5) is 0 Å². The van der Waals surface area contributed by atoms with E-state index in [9.17, 15) is 0 Å². The number of aryl methyl sites for hydroxylation is 2. The second-order valence-corrected chi connectivity index (χ2v) is 10.9. The Morgan fingerprint density at radius 3 is 1.41 bits per heavy atom. The number of ether oxygens (including phenoxy) is 2. The first-order chi connectivity index (χ1) is 22.6. The van der Waals surface area contributed by atoms with Gasteiger partial charge < -0.3 is 27.7 Å². The Hall–Kier alpha value is -6.28. The lowest BCUT2D eigenvalue weighted by atomic mass is 10.2. The third kappa shape index (κ3) is 5.11. The number of aromatic nitrogens is 6. The molecular weight excluding hydrogens is 572 g/mol. The molecule has 0 aliphatic rings. The van der Waals surface area contributed by atoms with E-state index in [-0.39, 0.29) is 0 Å². The van der Waals surface area contributed by atoms with Crippen molar-refractivity contribution in [3.8, 4) is 46.0 Å². The summed E-state index contributed by atoms with van der Waals surface area (Å²) in [6.45, 7) is 0. The van der Waals surface area contributed by atoms with Crippen molar-refractivity contribution in [2.24, 2.45) is 14.1 Å². The average molecular weight is 601 g/mol. The predicted octanol–water partition coefficient (Wildman–Crippen LogP) is 6.87. The van der Waals surface area contributed by atoms with E-state index in [1.165, 1.54) is 0 Å². The van der Waals surface area contributed by atoms with Gasteiger partial charge in [-0.2, -0.15) is 0 Å². The van der Waals surface area contributed by atoms with Crippen LogP contribution in [-0.2, 0) is 14.1 Å². The lowest BCUT2D eigenvalue weighted by Crippen LogP contribution is -2.29. The number of hydrogen-bond donors (Lipinski definition) is 0. The van der Waals surface area contributed by atoms with E-state index < -0.39 is 0 Å². The molecule has 0 spiro atoms. The van der Waals surface area contributed by atoms with Gasteiger partial charge in [-0.1, -0.05) is 84.9 Å². The number of nitrogens with zero attached hydrogens (tertiary/aromatic N) is 6. The van der Waals surface area contributed by atoms with Gasteiger partial charge in [0.25, 0.3) is 0 Å². The summed E-state index contributed by atoms with van der Waals surface area (Å²) >= 11 is 0. The molecule has 222 valence electrons. The first-order valence-corrected chi connectivity index (χ1v) is 14.9. The molecule has 46 heavy (non-hydrogen) atoms. The third-order valence-electron chi connectivity index (χ3n) is 7.77. The largest absolute Gasteiger partial charge is 0.440 e. The highest BCUT2D eigenvalue weighted by atomic mass is 16.5. The molecule has 0 fully saturated rings. The SMILES string of the molecule is Cn1[c-][n+](-c2cccc(Oc3cccc(-c4cccc(Oc5cccc(-[n+]6[c-]n(C)c7ccccc76)c5)n4)n3)c2)c2ccccc21. The molecule has 0 radical (unpaired) electrons. The van der Waals surface area contributed by atoms with Gasteiger partial charge in [-0.25, -0.2) is 9.97 Å². The number of imidazole rings is 2. The third-order valence-corrected chi connectivity index (χ3v) is 7.77. The van der Waals surface area contributed by atoms with Crippen LogP contribution in [0.1, 0.15) is 0 Å². The van der Waals surface area contributed by atoms with Crippen LogP contribution in [0.25, 0.3) is 44.8 Å². The number of rotatable bonds is 7. The van der Waals surface area contributed by atoms with Gasteiger partial charge in [-0.05, 0) is 36.4 Å². The Bertz CT molecular complexity index is 2210. The monoisotopic (exact) mass is 600 g/mol. The molecule has 0 saturated carbocycles. The quantitative estimate of drug-likeness (QED) is 0.148. The summed E-state index contributed by atoms with van der Waals surface area (Å²) in [6, 6.07) is 43.5. The fourth-order valence-corrected chi connectivity index (χ4v) is 5.63. The molecular formula is C38H28N6O2. The molecule has 8 aromatic rings. The van der Waals surface area contributed by atoms with Gasteiger partial charge >= 0.3 is 0 Å². The molecule has 0 amide bonds. The minimum absolute atomic E-state index is 0.464. The van der Waals surface area contributed by atoms with Gasteiger partial charge in [0.15, 0.2) is 0 Å². The molecule has 8 rings (SSSR count). The number of hydrogen-bond acceptors (Lipinski definition) is 4. The average Bonchev–Trinajstić information content (AvgIpc) is 3.62. The van der Waals surface area contributed by atoms with Gasteiger partial charge in [0.05, 0.1) is 58.9 Å². The Kier molecular flexibility index (Phi) is 6.72. The fraction of sp³-hybridized carbons (Fsp3) is 0.0526. The minimum atomic E-state index is 0.464. The molecule has 0 aliphatic carbocycles. The van der Waals surface area contributed by atoms with Crippen molar-refractivity contribution >= 4 is 22.1 Å². The fourth-order valence-electron chi connectivity index (χ4n) is 5.63. The van der Waals surface area contributed by atoms with Crippen LogP contribution in [-0.4, -0.2) is 19.1 Å². The van der Waals surface area contributed by atoms with Gasteiger partial charge in [-0.3, -0.25) is 0 Å². The van der Waals surface area contributed by atoms with E-state index in [0.717, 1.165) is 33.4 Å². The van der Waals surface area contributed by atoms with Crippen molar-refractivity contribution < 1.29 is 18.6 Å². The van der Waals surface area contributed by atoms with Crippen molar-refractivity contribution in [3.63, 3.8) is 0 Å². The second-order valence-electron chi connectivity index (χ2n) is 10.9. The van der Waals surface area contributed by atoms with E-state index in [4.69, 9.17) is 19.4 Å². The summed E-state index contributed by atoms with van der Waals surface area (Å²) in [4.78, 5) is 9.52. The zero-order valence-corrected chi connectivity index (χ0v) is 25.2. The summed E-state index contributed by atoms with van der Waals surface area (Å²) in [6.07, 6.45) is 6.74. The number of pyridine rings is 2. The Labute approximate surface area is 265 Å². The van der Waals surface area contributed by atoms with E-state index in [1.54, 1.807) is 0 Å². The molecule has 8 nitrogen and oxygen atoms in total. The van der Waals surface area contributed by atoms with Gasteiger partial charge in [0, 0.05) is 12.1 Å². The van der Waals surface area contributed by atoms with Crippen LogP contribution in [0.5, 0.6) is 23.3 Å². The summed E-state index contributed by atoms with van der Waals surface area (Å²) in [5, 5.41) is 0. The zero-order valence-electron chi connectivity index (χ0n) is 25.2. The van der Waals surface area contributed by atoms with Crippen molar-refractivity contribution in [3.05, 3.63) is 146 Å². The normalized spacial score (nSPS) is 11.3. The van der Waals surface area contributed by atoms with E-state index in [0.29, 0.717) is 34.6 Å². The first kappa shape index (κ1) is 27.3. The molecule has 0 aliphatic heterocycles. The van der Waals surface area contributed by atoms with Crippen molar-refractivity contribution in [1.29, 1.82) is 0 Å². The maximum atomic E-state index is 6.22. The van der Waals surface area contributed by atoms with Crippen molar-refractivity contribution in [1.82, 2.24) is 19.1 Å². The lowest BCUT2D eigenvalue weighted by molar-refractivity contribution is -0.573. The Balaban J connectivity index is 1.03. The number of fused-ring (bicyclic) bond motifs is 2. The zero-order chi connectivity index (χ0) is 31.0. The van der Waals surface area contributed by atoms with E-state index >= 15 is 0 Å². The Morgan fingerprint density at radius 1 is 0.500 bits per heavy atom. The highest BCUT2D eigenvalue weighted by Gasteiger charge is 2.11. The summed E-state index contributed by atoms with van der Waals surface area (Å²) in [7, 11) is 3.98. The van der Waals surface area contributed by atoms with Crippen LogP contribution in [0, 0.1) is 12.7 Å².